The summed E-state index contributed by atoms with van der Waals surface area (Å²) in [6, 6.07) is 0.703. The third-order valence-corrected chi connectivity index (χ3v) is 4.86. The lowest BCUT2D eigenvalue weighted by Gasteiger charge is -2.41. The summed E-state index contributed by atoms with van der Waals surface area (Å²) in [7, 11) is 0. The number of ether oxygens (including phenoxy) is 1. The lowest BCUT2D eigenvalue weighted by Crippen LogP contribution is -2.54. The Morgan fingerprint density at radius 2 is 2.00 bits per heavy atom. The first kappa shape index (κ1) is 11.9. The normalized spacial score (nSPS) is 34.9. The Labute approximate surface area is 105 Å². The molecule has 0 bridgehead atoms. The zero-order valence-corrected chi connectivity index (χ0v) is 10.9. The molecule has 0 aromatic rings. The van der Waals surface area contributed by atoms with Crippen LogP contribution in [-0.4, -0.2) is 49.3 Å². The van der Waals surface area contributed by atoms with Gasteiger partial charge in [-0.25, -0.2) is 0 Å². The smallest absolute Gasteiger partial charge is 0.0622 e. The molecule has 0 aromatic carbocycles. The molecule has 98 valence electrons. The average molecular weight is 238 g/mol. The van der Waals surface area contributed by atoms with Crippen LogP contribution in [0.3, 0.4) is 0 Å². The Morgan fingerprint density at radius 3 is 2.76 bits per heavy atom. The SMILES string of the molecule is C1CCC2(CC1)CN(C1CCOC1)CCCN2. The molecule has 2 saturated heterocycles. The average Bonchev–Trinajstić information content (AvgIpc) is 2.82. The van der Waals surface area contributed by atoms with Gasteiger partial charge in [0.25, 0.3) is 0 Å². The molecule has 2 heterocycles. The quantitative estimate of drug-likeness (QED) is 0.753. The van der Waals surface area contributed by atoms with Gasteiger partial charge < -0.3 is 10.1 Å². The standard InChI is InChI=1S/C14H26N2O/c1-2-6-14(7-3-1)12-16(9-4-8-15-14)13-5-10-17-11-13/h13,15H,1-12H2. The van der Waals surface area contributed by atoms with Crippen LogP contribution in [0.5, 0.6) is 0 Å². The van der Waals surface area contributed by atoms with Crippen molar-refractivity contribution in [3.05, 3.63) is 0 Å². The van der Waals surface area contributed by atoms with Crippen LogP contribution >= 0.6 is 0 Å². The third kappa shape index (κ3) is 2.67. The van der Waals surface area contributed by atoms with Gasteiger partial charge in [0.15, 0.2) is 0 Å². The van der Waals surface area contributed by atoms with Crippen molar-refractivity contribution < 1.29 is 4.74 Å². The van der Waals surface area contributed by atoms with Crippen LogP contribution in [0.4, 0.5) is 0 Å². The minimum atomic E-state index is 0.442. The highest BCUT2D eigenvalue weighted by Gasteiger charge is 2.37. The Hall–Kier alpha value is -0.120. The van der Waals surface area contributed by atoms with E-state index >= 15 is 0 Å². The van der Waals surface area contributed by atoms with E-state index in [4.69, 9.17) is 4.74 Å². The van der Waals surface area contributed by atoms with Crippen molar-refractivity contribution in [2.75, 3.05) is 32.8 Å². The van der Waals surface area contributed by atoms with Gasteiger partial charge in [0.2, 0.25) is 0 Å². The Balaban J connectivity index is 1.67. The van der Waals surface area contributed by atoms with E-state index in [1.165, 1.54) is 64.6 Å². The van der Waals surface area contributed by atoms with Gasteiger partial charge >= 0.3 is 0 Å². The largest absolute Gasteiger partial charge is 0.380 e. The van der Waals surface area contributed by atoms with Crippen LogP contribution in [-0.2, 0) is 4.74 Å². The molecule has 3 rings (SSSR count). The zero-order chi connectivity index (χ0) is 11.6. The second-order valence-corrected chi connectivity index (χ2v) is 6.11. The monoisotopic (exact) mass is 238 g/mol. The maximum atomic E-state index is 5.56. The molecule has 1 aliphatic carbocycles. The zero-order valence-electron chi connectivity index (χ0n) is 10.9. The van der Waals surface area contributed by atoms with Crippen molar-refractivity contribution in [3.63, 3.8) is 0 Å². The maximum Gasteiger partial charge on any atom is 0.0622 e. The van der Waals surface area contributed by atoms with Crippen LogP contribution < -0.4 is 5.32 Å². The molecular weight excluding hydrogens is 212 g/mol. The van der Waals surface area contributed by atoms with Gasteiger partial charge in [0.05, 0.1) is 6.61 Å². The molecule has 0 amide bonds. The van der Waals surface area contributed by atoms with E-state index in [-0.39, 0.29) is 0 Å². The summed E-state index contributed by atoms with van der Waals surface area (Å²) in [6.07, 6.45) is 9.60. The highest BCUT2D eigenvalue weighted by atomic mass is 16.5. The van der Waals surface area contributed by atoms with Crippen LogP contribution in [0.2, 0.25) is 0 Å². The fourth-order valence-electron chi connectivity index (χ4n) is 3.84. The summed E-state index contributed by atoms with van der Waals surface area (Å²) < 4.78 is 5.56. The molecule has 1 saturated carbocycles. The first-order valence-electron chi connectivity index (χ1n) is 7.45. The molecule has 2 aliphatic heterocycles. The second-order valence-electron chi connectivity index (χ2n) is 6.11. The molecule has 1 spiro atoms. The van der Waals surface area contributed by atoms with Crippen molar-refractivity contribution in [1.82, 2.24) is 10.2 Å². The highest BCUT2D eigenvalue weighted by Crippen LogP contribution is 2.31. The number of hydrogen-bond acceptors (Lipinski definition) is 3. The molecule has 1 N–H and O–H groups in total. The van der Waals surface area contributed by atoms with Gasteiger partial charge in [-0.1, -0.05) is 19.3 Å². The molecule has 1 unspecified atom stereocenters. The van der Waals surface area contributed by atoms with E-state index in [9.17, 15) is 0 Å². The van der Waals surface area contributed by atoms with Gasteiger partial charge in [-0.05, 0) is 38.8 Å². The molecule has 17 heavy (non-hydrogen) atoms. The van der Waals surface area contributed by atoms with Gasteiger partial charge in [0, 0.05) is 24.7 Å². The summed E-state index contributed by atoms with van der Waals surface area (Å²) in [4.78, 5) is 2.72. The molecule has 0 aromatic heterocycles. The summed E-state index contributed by atoms with van der Waals surface area (Å²) in [5.41, 5.74) is 0.442. The molecule has 1 atom stereocenters. The lowest BCUT2D eigenvalue weighted by molar-refractivity contribution is 0.109. The maximum absolute atomic E-state index is 5.56. The number of rotatable bonds is 1. The van der Waals surface area contributed by atoms with Crippen LogP contribution in [0.25, 0.3) is 0 Å². The van der Waals surface area contributed by atoms with E-state index in [1.807, 2.05) is 0 Å². The number of nitrogens with one attached hydrogen (secondary N) is 1. The minimum absolute atomic E-state index is 0.442. The van der Waals surface area contributed by atoms with E-state index in [0.717, 1.165) is 13.2 Å². The van der Waals surface area contributed by atoms with E-state index in [1.54, 1.807) is 0 Å². The second kappa shape index (κ2) is 5.25. The summed E-state index contributed by atoms with van der Waals surface area (Å²) in [5, 5.41) is 3.87. The van der Waals surface area contributed by atoms with Gasteiger partial charge in [0.1, 0.15) is 0 Å². The first-order chi connectivity index (χ1) is 8.38. The number of nitrogens with zero attached hydrogens (tertiary/aromatic N) is 1. The first-order valence-corrected chi connectivity index (χ1v) is 7.45. The van der Waals surface area contributed by atoms with E-state index in [0.29, 0.717) is 11.6 Å². The minimum Gasteiger partial charge on any atom is -0.380 e. The van der Waals surface area contributed by atoms with E-state index < -0.39 is 0 Å². The fraction of sp³-hybridized carbons (Fsp3) is 1.00. The highest BCUT2D eigenvalue weighted by molar-refractivity contribution is 4.97. The summed E-state index contributed by atoms with van der Waals surface area (Å²) >= 11 is 0. The van der Waals surface area contributed by atoms with Crippen molar-refractivity contribution in [2.45, 2.75) is 56.5 Å². The molecule has 3 heteroatoms. The predicted molar refractivity (Wildman–Crippen MR) is 69.2 cm³/mol. The van der Waals surface area contributed by atoms with Crippen LogP contribution in [0.15, 0.2) is 0 Å². The fourth-order valence-corrected chi connectivity index (χ4v) is 3.84. The predicted octanol–water partition coefficient (Wildman–Crippen LogP) is 1.77. The Morgan fingerprint density at radius 1 is 1.12 bits per heavy atom. The van der Waals surface area contributed by atoms with Crippen LogP contribution in [0, 0.1) is 0 Å². The van der Waals surface area contributed by atoms with Crippen molar-refractivity contribution in [3.8, 4) is 0 Å². The van der Waals surface area contributed by atoms with Gasteiger partial charge in [-0.15, -0.1) is 0 Å². The van der Waals surface area contributed by atoms with Crippen molar-refractivity contribution in [1.29, 1.82) is 0 Å². The topological polar surface area (TPSA) is 24.5 Å². The summed E-state index contributed by atoms with van der Waals surface area (Å²) in [6.45, 7) is 5.69. The Kier molecular flexibility index (Phi) is 3.69. The molecule has 3 aliphatic rings. The van der Waals surface area contributed by atoms with Gasteiger partial charge in [-0.3, -0.25) is 4.90 Å². The third-order valence-electron chi connectivity index (χ3n) is 4.86. The molecular formula is C14H26N2O. The molecule has 3 fully saturated rings. The van der Waals surface area contributed by atoms with E-state index in [2.05, 4.69) is 10.2 Å². The lowest BCUT2D eigenvalue weighted by atomic mass is 9.81. The van der Waals surface area contributed by atoms with Crippen LogP contribution in [0.1, 0.15) is 44.9 Å². The van der Waals surface area contributed by atoms with Crippen molar-refractivity contribution >= 4 is 0 Å². The Bertz CT molecular complexity index is 245. The van der Waals surface area contributed by atoms with Crippen molar-refractivity contribution in [2.24, 2.45) is 0 Å². The van der Waals surface area contributed by atoms with Gasteiger partial charge in [-0.2, -0.15) is 0 Å². The molecule has 3 nitrogen and oxygen atoms in total. The molecule has 0 radical (unpaired) electrons. The summed E-state index contributed by atoms with van der Waals surface area (Å²) in [5.74, 6) is 0. The number of hydrogen-bond donors (Lipinski definition) is 1.